The van der Waals surface area contributed by atoms with Crippen LogP contribution < -0.4 is 9.47 Å². The van der Waals surface area contributed by atoms with Gasteiger partial charge in [-0.2, -0.15) is 0 Å². The molecule has 0 bridgehead atoms. The van der Waals surface area contributed by atoms with Crippen LogP contribution in [0.2, 0.25) is 5.02 Å². The van der Waals surface area contributed by atoms with Crippen LogP contribution in [-0.2, 0) is 6.61 Å². The zero-order chi connectivity index (χ0) is 13.8. The zero-order valence-electron chi connectivity index (χ0n) is 9.98. The molecule has 0 saturated heterocycles. The maximum atomic E-state index is 10.8. The van der Waals surface area contributed by atoms with E-state index in [0.29, 0.717) is 35.0 Å². The van der Waals surface area contributed by atoms with E-state index in [-0.39, 0.29) is 0 Å². The van der Waals surface area contributed by atoms with Crippen molar-refractivity contribution in [1.82, 2.24) is 0 Å². The molecule has 0 spiro atoms. The fourth-order valence-corrected chi connectivity index (χ4v) is 3.16. The van der Waals surface area contributed by atoms with Crippen LogP contribution in [0.15, 0.2) is 28.1 Å². The van der Waals surface area contributed by atoms with Crippen LogP contribution in [0.25, 0.3) is 0 Å². The monoisotopic (exact) mass is 360 g/mol. The number of hydrogen-bond donors (Lipinski definition) is 0. The molecule has 0 radical (unpaired) electrons. The van der Waals surface area contributed by atoms with Gasteiger partial charge < -0.3 is 9.47 Å². The van der Waals surface area contributed by atoms with Crippen molar-refractivity contribution in [2.45, 2.75) is 6.61 Å². The molecule has 100 valence electrons. The van der Waals surface area contributed by atoms with Crippen molar-refractivity contribution < 1.29 is 14.3 Å². The first-order chi connectivity index (χ1) is 9.13. The van der Waals surface area contributed by atoms with E-state index in [2.05, 4.69) is 15.9 Å². The third-order valence-corrected chi connectivity index (χ3v) is 4.32. The largest absolute Gasteiger partial charge is 0.493 e. The molecule has 0 fully saturated rings. The summed E-state index contributed by atoms with van der Waals surface area (Å²) in [6.07, 6.45) is 0.717. The van der Waals surface area contributed by atoms with Gasteiger partial charge in [0.05, 0.1) is 12.1 Å². The Morgan fingerprint density at radius 2 is 2.21 bits per heavy atom. The minimum atomic E-state index is 0.358. The van der Waals surface area contributed by atoms with Gasteiger partial charge in [-0.3, -0.25) is 4.79 Å². The first kappa shape index (κ1) is 14.4. The maximum Gasteiger partial charge on any atom is 0.180 e. The Kier molecular flexibility index (Phi) is 4.85. The molecule has 0 saturated carbocycles. The van der Waals surface area contributed by atoms with E-state index in [1.807, 2.05) is 11.4 Å². The third kappa shape index (κ3) is 3.49. The highest BCUT2D eigenvalue weighted by Crippen LogP contribution is 2.37. The summed E-state index contributed by atoms with van der Waals surface area (Å²) in [5.41, 5.74) is 0.452. The van der Waals surface area contributed by atoms with Gasteiger partial charge in [-0.1, -0.05) is 11.6 Å². The lowest BCUT2D eigenvalue weighted by Crippen LogP contribution is -1.98. The Hall–Kier alpha value is -1.04. The second-order valence-electron chi connectivity index (χ2n) is 3.67. The van der Waals surface area contributed by atoms with Crippen molar-refractivity contribution in [3.63, 3.8) is 0 Å². The van der Waals surface area contributed by atoms with Crippen molar-refractivity contribution in [2.24, 2.45) is 0 Å². The average Bonchev–Trinajstić information content (AvgIpc) is 2.82. The minimum Gasteiger partial charge on any atom is -0.493 e. The molecule has 6 heteroatoms. The summed E-state index contributed by atoms with van der Waals surface area (Å²) in [7, 11) is 1.51. The van der Waals surface area contributed by atoms with Crippen LogP contribution >= 0.6 is 38.9 Å². The maximum absolute atomic E-state index is 10.8. The van der Waals surface area contributed by atoms with Crippen molar-refractivity contribution >= 4 is 45.2 Å². The highest BCUT2D eigenvalue weighted by Gasteiger charge is 2.12. The Balaban J connectivity index is 2.21. The summed E-state index contributed by atoms with van der Waals surface area (Å²) in [5, 5.41) is 2.34. The Labute approximate surface area is 128 Å². The second kappa shape index (κ2) is 6.41. The highest BCUT2D eigenvalue weighted by atomic mass is 79.9. The lowest BCUT2D eigenvalue weighted by Gasteiger charge is -2.12. The first-order valence-corrected chi connectivity index (χ1v) is 7.37. The summed E-state index contributed by atoms with van der Waals surface area (Å²) in [4.78, 5) is 11.8. The number of halogens is 2. The van der Waals surface area contributed by atoms with Crippen LogP contribution in [-0.4, -0.2) is 13.4 Å². The van der Waals surface area contributed by atoms with Gasteiger partial charge >= 0.3 is 0 Å². The molecule has 1 heterocycles. The summed E-state index contributed by atoms with van der Waals surface area (Å²) in [5.74, 6) is 0.893. The SMILES string of the molecule is COc1cc(C=O)cc(Cl)c1OCc1cc(Br)cs1. The summed E-state index contributed by atoms with van der Waals surface area (Å²) in [6.45, 7) is 0.396. The molecule has 19 heavy (non-hydrogen) atoms. The molecule has 0 aliphatic heterocycles. The average molecular weight is 362 g/mol. The van der Waals surface area contributed by atoms with Crippen molar-refractivity contribution in [3.8, 4) is 11.5 Å². The molecule has 0 unspecified atom stereocenters. The minimum absolute atomic E-state index is 0.358. The van der Waals surface area contributed by atoms with E-state index in [0.717, 1.165) is 9.35 Å². The topological polar surface area (TPSA) is 35.5 Å². The molecule has 0 amide bonds. The number of ether oxygens (including phenoxy) is 2. The number of aldehydes is 1. The number of thiophene rings is 1. The van der Waals surface area contributed by atoms with Gasteiger partial charge in [-0.25, -0.2) is 0 Å². The highest BCUT2D eigenvalue weighted by molar-refractivity contribution is 9.10. The molecule has 0 N–H and O–H groups in total. The number of hydrogen-bond acceptors (Lipinski definition) is 4. The van der Waals surface area contributed by atoms with Crippen LogP contribution in [0.3, 0.4) is 0 Å². The van der Waals surface area contributed by atoms with Gasteiger partial charge in [0.2, 0.25) is 0 Å². The summed E-state index contributed by atoms with van der Waals surface area (Å²) >= 11 is 11.1. The predicted octanol–water partition coefficient (Wildman–Crippen LogP) is 4.56. The molecular formula is C13H10BrClO3S. The first-order valence-electron chi connectivity index (χ1n) is 5.32. The number of carbonyl (C=O) groups is 1. The lowest BCUT2D eigenvalue weighted by atomic mass is 10.2. The molecule has 0 aliphatic carbocycles. The Morgan fingerprint density at radius 1 is 1.42 bits per heavy atom. The molecule has 2 rings (SSSR count). The van der Waals surface area contributed by atoms with E-state index in [9.17, 15) is 4.79 Å². The zero-order valence-corrected chi connectivity index (χ0v) is 13.1. The van der Waals surface area contributed by atoms with E-state index in [4.69, 9.17) is 21.1 Å². The molecule has 3 nitrogen and oxygen atoms in total. The van der Waals surface area contributed by atoms with Gasteiger partial charge in [0, 0.05) is 20.3 Å². The van der Waals surface area contributed by atoms with Crippen molar-refractivity contribution in [3.05, 3.63) is 43.5 Å². The molecular weight excluding hydrogens is 352 g/mol. The predicted molar refractivity (Wildman–Crippen MR) is 79.7 cm³/mol. The van der Waals surface area contributed by atoms with Crippen LogP contribution in [0.4, 0.5) is 0 Å². The van der Waals surface area contributed by atoms with Crippen LogP contribution in [0, 0.1) is 0 Å². The Morgan fingerprint density at radius 3 is 2.79 bits per heavy atom. The van der Waals surface area contributed by atoms with Gasteiger partial charge in [0.15, 0.2) is 11.5 Å². The standard InChI is InChI=1S/C13H10BrClO3S/c1-17-12-3-8(5-16)2-11(15)13(12)18-6-10-4-9(14)7-19-10/h2-5,7H,6H2,1H3. The third-order valence-electron chi connectivity index (χ3n) is 2.37. The van der Waals surface area contributed by atoms with E-state index >= 15 is 0 Å². The molecule has 0 aliphatic rings. The van der Waals surface area contributed by atoms with Crippen LogP contribution in [0.1, 0.15) is 15.2 Å². The smallest absolute Gasteiger partial charge is 0.180 e. The van der Waals surface area contributed by atoms with E-state index in [1.165, 1.54) is 7.11 Å². The van der Waals surface area contributed by atoms with E-state index in [1.54, 1.807) is 23.5 Å². The summed E-state index contributed by atoms with van der Waals surface area (Å²) in [6, 6.07) is 5.13. The van der Waals surface area contributed by atoms with Gasteiger partial charge in [0.25, 0.3) is 0 Å². The normalized spacial score (nSPS) is 10.3. The fraction of sp³-hybridized carbons (Fsp3) is 0.154. The lowest BCUT2D eigenvalue weighted by molar-refractivity contribution is 0.112. The van der Waals surface area contributed by atoms with Gasteiger partial charge in [-0.05, 0) is 34.1 Å². The van der Waals surface area contributed by atoms with Crippen LogP contribution in [0.5, 0.6) is 11.5 Å². The quantitative estimate of drug-likeness (QED) is 0.732. The molecule has 1 aromatic heterocycles. The number of carbonyl (C=O) groups excluding carboxylic acids is 1. The summed E-state index contributed by atoms with van der Waals surface area (Å²) < 4.78 is 11.9. The number of benzene rings is 1. The Bertz CT molecular complexity index is 598. The second-order valence-corrected chi connectivity index (χ2v) is 5.99. The molecule has 1 aromatic carbocycles. The molecule has 0 atom stereocenters. The number of rotatable bonds is 5. The van der Waals surface area contributed by atoms with Gasteiger partial charge in [0.1, 0.15) is 12.9 Å². The van der Waals surface area contributed by atoms with E-state index < -0.39 is 0 Å². The van der Waals surface area contributed by atoms with Crippen molar-refractivity contribution in [1.29, 1.82) is 0 Å². The molecule has 2 aromatic rings. The van der Waals surface area contributed by atoms with Crippen molar-refractivity contribution in [2.75, 3.05) is 7.11 Å². The number of methoxy groups -OCH3 is 1. The van der Waals surface area contributed by atoms with Gasteiger partial charge in [-0.15, -0.1) is 11.3 Å². The fourth-order valence-electron chi connectivity index (χ4n) is 1.52.